The van der Waals surface area contributed by atoms with Crippen molar-refractivity contribution in [2.24, 2.45) is 11.7 Å². The lowest BCUT2D eigenvalue weighted by atomic mass is 9.93. The summed E-state index contributed by atoms with van der Waals surface area (Å²) in [6.07, 6.45) is 1.92. The third kappa shape index (κ3) is 3.07. The van der Waals surface area contributed by atoms with Crippen LogP contribution in [-0.2, 0) is 0 Å². The minimum atomic E-state index is -0.570. The molecule has 0 bridgehead atoms. The fraction of sp³-hybridized carbons (Fsp3) is 0.500. The van der Waals surface area contributed by atoms with Crippen LogP contribution in [0, 0.1) is 11.7 Å². The molecular weight excluding hydrogens is 267 g/mol. The van der Waals surface area contributed by atoms with Gasteiger partial charge in [0.15, 0.2) is 0 Å². The smallest absolute Gasteiger partial charge is 0.257 e. The Morgan fingerprint density at radius 2 is 2.26 bits per heavy atom. The molecular formula is C14H18ClFN2O. The van der Waals surface area contributed by atoms with Gasteiger partial charge in [0.25, 0.3) is 5.91 Å². The van der Waals surface area contributed by atoms with Crippen molar-refractivity contribution in [3.63, 3.8) is 0 Å². The maximum Gasteiger partial charge on any atom is 0.257 e. The first-order valence-corrected chi connectivity index (χ1v) is 6.86. The molecule has 0 spiro atoms. The number of hydrogen-bond donors (Lipinski definition) is 1. The topological polar surface area (TPSA) is 46.3 Å². The molecule has 2 unspecified atom stereocenters. The monoisotopic (exact) mass is 284 g/mol. The highest BCUT2D eigenvalue weighted by Crippen LogP contribution is 2.24. The molecule has 0 radical (unpaired) electrons. The molecule has 0 aliphatic carbocycles. The zero-order valence-electron chi connectivity index (χ0n) is 10.9. The van der Waals surface area contributed by atoms with Gasteiger partial charge in [-0.1, -0.05) is 11.6 Å². The molecule has 2 atom stereocenters. The third-order valence-electron chi connectivity index (χ3n) is 3.74. The summed E-state index contributed by atoms with van der Waals surface area (Å²) in [7, 11) is 0. The Morgan fingerprint density at radius 1 is 1.53 bits per heavy atom. The number of hydrogen-bond acceptors (Lipinski definition) is 2. The van der Waals surface area contributed by atoms with Gasteiger partial charge < -0.3 is 10.6 Å². The number of piperidine rings is 1. The first-order valence-electron chi connectivity index (χ1n) is 6.49. The average Bonchev–Trinajstić information content (AvgIpc) is 2.38. The molecule has 1 aliphatic rings. The Bertz CT molecular complexity index is 481. The summed E-state index contributed by atoms with van der Waals surface area (Å²) in [4.78, 5) is 14.1. The molecule has 1 saturated heterocycles. The van der Waals surface area contributed by atoms with E-state index in [1.54, 1.807) is 4.90 Å². The molecule has 104 valence electrons. The Balaban J connectivity index is 2.22. The van der Waals surface area contributed by atoms with E-state index in [9.17, 15) is 9.18 Å². The summed E-state index contributed by atoms with van der Waals surface area (Å²) in [6, 6.07) is 4.26. The van der Waals surface area contributed by atoms with Crippen LogP contribution in [0.5, 0.6) is 0 Å². The van der Waals surface area contributed by atoms with Crippen molar-refractivity contribution in [3.8, 4) is 0 Å². The van der Waals surface area contributed by atoms with Gasteiger partial charge in [-0.3, -0.25) is 4.79 Å². The largest absolute Gasteiger partial charge is 0.336 e. The van der Waals surface area contributed by atoms with Gasteiger partial charge in [-0.15, -0.1) is 0 Å². The van der Waals surface area contributed by atoms with Crippen LogP contribution in [0.15, 0.2) is 18.2 Å². The number of rotatable bonds is 2. The highest BCUT2D eigenvalue weighted by Gasteiger charge is 2.30. The number of benzene rings is 1. The lowest BCUT2D eigenvalue weighted by Crippen LogP contribution is -2.47. The second kappa shape index (κ2) is 5.88. The number of nitrogens with zero attached hydrogens (tertiary/aromatic N) is 1. The zero-order chi connectivity index (χ0) is 14.0. The van der Waals surface area contributed by atoms with Gasteiger partial charge in [-0.25, -0.2) is 4.39 Å². The molecule has 5 heteroatoms. The van der Waals surface area contributed by atoms with Crippen LogP contribution in [0.25, 0.3) is 0 Å². The molecule has 1 aromatic carbocycles. The van der Waals surface area contributed by atoms with Crippen LogP contribution < -0.4 is 5.73 Å². The summed E-state index contributed by atoms with van der Waals surface area (Å²) in [5, 5.41) is 0.292. The van der Waals surface area contributed by atoms with Gasteiger partial charge in [-0.2, -0.15) is 0 Å². The number of halogens is 2. The molecule has 1 amide bonds. The molecule has 2 N–H and O–H groups in total. The van der Waals surface area contributed by atoms with Crippen LogP contribution in [0.2, 0.25) is 5.02 Å². The van der Waals surface area contributed by atoms with Crippen molar-refractivity contribution < 1.29 is 9.18 Å². The summed E-state index contributed by atoms with van der Waals surface area (Å²) in [6.45, 7) is 3.14. The van der Waals surface area contributed by atoms with E-state index in [2.05, 4.69) is 0 Å². The number of carbonyl (C=O) groups is 1. The molecule has 0 aromatic heterocycles. The highest BCUT2D eigenvalue weighted by molar-refractivity contribution is 6.30. The molecule has 0 saturated carbocycles. The van der Waals surface area contributed by atoms with E-state index < -0.39 is 5.82 Å². The van der Waals surface area contributed by atoms with E-state index in [4.69, 9.17) is 17.3 Å². The van der Waals surface area contributed by atoms with E-state index in [1.807, 2.05) is 6.92 Å². The fourth-order valence-electron chi connectivity index (χ4n) is 2.48. The summed E-state index contributed by atoms with van der Waals surface area (Å²) in [5.41, 5.74) is 5.75. The van der Waals surface area contributed by atoms with E-state index in [-0.39, 0.29) is 17.5 Å². The van der Waals surface area contributed by atoms with Gasteiger partial charge in [0, 0.05) is 17.6 Å². The SMILES string of the molecule is CC1CCC(CN)CN1C(=O)c1ccc(Cl)cc1F. The number of amides is 1. The molecule has 3 nitrogen and oxygen atoms in total. The Kier molecular flexibility index (Phi) is 4.42. The molecule has 1 aliphatic heterocycles. The minimum Gasteiger partial charge on any atom is -0.336 e. The van der Waals surface area contributed by atoms with Crippen LogP contribution in [0.1, 0.15) is 30.1 Å². The molecule has 1 heterocycles. The average molecular weight is 285 g/mol. The van der Waals surface area contributed by atoms with Crippen molar-refractivity contribution >= 4 is 17.5 Å². The normalized spacial score (nSPS) is 23.5. The Morgan fingerprint density at radius 3 is 2.89 bits per heavy atom. The van der Waals surface area contributed by atoms with Gasteiger partial charge in [0.2, 0.25) is 0 Å². The summed E-state index contributed by atoms with van der Waals surface area (Å²) < 4.78 is 13.8. The van der Waals surface area contributed by atoms with E-state index >= 15 is 0 Å². The maximum atomic E-state index is 13.8. The van der Waals surface area contributed by atoms with Gasteiger partial charge in [-0.05, 0) is 50.4 Å². The molecule has 1 fully saturated rings. The second-order valence-corrected chi connectivity index (χ2v) is 5.55. The van der Waals surface area contributed by atoms with Gasteiger partial charge in [0.1, 0.15) is 5.82 Å². The van der Waals surface area contributed by atoms with Crippen LogP contribution in [0.3, 0.4) is 0 Å². The third-order valence-corrected chi connectivity index (χ3v) is 3.97. The Labute approximate surface area is 117 Å². The zero-order valence-corrected chi connectivity index (χ0v) is 11.7. The lowest BCUT2D eigenvalue weighted by molar-refractivity contribution is 0.0562. The van der Waals surface area contributed by atoms with Crippen LogP contribution >= 0.6 is 11.6 Å². The van der Waals surface area contributed by atoms with Crippen molar-refractivity contribution in [3.05, 3.63) is 34.6 Å². The van der Waals surface area contributed by atoms with E-state index in [1.165, 1.54) is 18.2 Å². The number of carbonyl (C=O) groups excluding carboxylic acids is 1. The predicted octanol–water partition coefficient (Wildman–Crippen LogP) is 2.68. The van der Waals surface area contributed by atoms with E-state index in [0.717, 1.165) is 12.8 Å². The summed E-state index contributed by atoms with van der Waals surface area (Å²) >= 11 is 5.70. The van der Waals surface area contributed by atoms with Crippen LogP contribution in [-0.4, -0.2) is 29.9 Å². The first kappa shape index (κ1) is 14.3. The molecule has 2 rings (SSSR count). The summed E-state index contributed by atoms with van der Waals surface area (Å²) in [5.74, 6) is -0.546. The number of nitrogens with two attached hydrogens (primary N) is 1. The quantitative estimate of drug-likeness (QED) is 0.907. The lowest BCUT2D eigenvalue weighted by Gasteiger charge is -2.37. The molecule has 19 heavy (non-hydrogen) atoms. The van der Waals surface area contributed by atoms with Crippen molar-refractivity contribution in [2.75, 3.05) is 13.1 Å². The predicted molar refractivity (Wildman–Crippen MR) is 73.7 cm³/mol. The first-order chi connectivity index (χ1) is 9.02. The molecule has 1 aromatic rings. The fourth-order valence-corrected chi connectivity index (χ4v) is 2.63. The standard InChI is InChI=1S/C14H18ClFN2O/c1-9-2-3-10(7-17)8-18(9)14(19)12-5-4-11(15)6-13(12)16/h4-6,9-10H,2-3,7-8,17H2,1H3. The van der Waals surface area contributed by atoms with Crippen molar-refractivity contribution in [1.29, 1.82) is 0 Å². The van der Waals surface area contributed by atoms with Gasteiger partial charge >= 0.3 is 0 Å². The van der Waals surface area contributed by atoms with Gasteiger partial charge in [0.05, 0.1) is 5.56 Å². The number of likely N-dealkylation sites (tertiary alicyclic amines) is 1. The van der Waals surface area contributed by atoms with Crippen molar-refractivity contribution in [1.82, 2.24) is 4.90 Å². The maximum absolute atomic E-state index is 13.8. The van der Waals surface area contributed by atoms with Crippen molar-refractivity contribution in [2.45, 2.75) is 25.8 Å². The van der Waals surface area contributed by atoms with Crippen LogP contribution in [0.4, 0.5) is 4.39 Å². The second-order valence-electron chi connectivity index (χ2n) is 5.11. The minimum absolute atomic E-state index is 0.0777. The van der Waals surface area contributed by atoms with E-state index in [0.29, 0.717) is 24.0 Å². The highest BCUT2D eigenvalue weighted by atomic mass is 35.5. The Hall–Kier alpha value is -1.13.